The zero-order valence-electron chi connectivity index (χ0n) is 11.9. The lowest BCUT2D eigenvalue weighted by Crippen LogP contribution is -2.21. The Morgan fingerprint density at radius 3 is 2.67 bits per heavy atom. The molecule has 0 amide bonds. The molecular formula is C17H17BrFNO. The predicted molar refractivity (Wildman–Crippen MR) is 85.8 cm³/mol. The van der Waals surface area contributed by atoms with E-state index < -0.39 is 0 Å². The first kappa shape index (κ1) is 15.9. The van der Waals surface area contributed by atoms with E-state index in [0.29, 0.717) is 25.1 Å². The van der Waals surface area contributed by atoms with Crippen LogP contribution in [0.5, 0.6) is 0 Å². The molecule has 0 fully saturated rings. The molecule has 0 unspecified atom stereocenters. The molecule has 0 radical (unpaired) electrons. The van der Waals surface area contributed by atoms with E-state index in [1.807, 2.05) is 42.3 Å². The van der Waals surface area contributed by atoms with Gasteiger partial charge in [-0.1, -0.05) is 46.3 Å². The summed E-state index contributed by atoms with van der Waals surface area (Å²) in [7, 11) is 1.93. The number of ketones is 1. The average Bonchev–Trinajstić information content (AvgIpc) is 2.45. The standard InChI is InChI=1S/C17H17BrFNO/c1-20(12-13-5-4-6-14(19)11-13)10-9-17(21)15-7-2-3-8-16(15)18/h2-8,11H,9-10,12H2,1H3. The van der Waals surface area contributed by atoms with Gasteiger partial charge in [0.2, 0.25) is 0 Å². The van der Waals surface area contributed by atoms with Gasteiger partial charge >= 0.3 is 0 Å². The molecule has 0 saturated carbocycles. The summed E-state index contributed by atoms with van der Waals surface area (Å²) in [5.41, 5.74) is 1.61. The Morgan fingerprint density at radius 1 is 1.19 bits per heavy atom. The molecule has 0 bridgehead atoms. The minimum atomic E-state index is -0.231. The highest BCUT2D eigenvalue weighted by atomic mass is 79.9. The molecule has 2 nitrogen and oxygen atoms in total. The Bertz CT molecular complexity index is 630. The number of halogens is 2. The van der Waals surface area contributed by atoms with Crippen LogP contribution in [0.15, 0.2) is 53.0 Å². The normalized spacial score (nSPS) is 10.9. The van der Waals surface area contributed by atoms with E-state index in [9.17, 15) is 9.18 Å². The van der Waals surface area contributed by atoms with Gasteiger partial charge in [0, 0.05) is 29.5 Å². The Balaban J connectivity index is 1.88. The number of carbonyl (C=O) groups excluding carboxylic acids is 1. The van der Waals surface area contributed by atoms with E-state index in [1.54, 1.807) is 6.07 Å². The molecular weight excluding hydrogens is 333 g/mol. The van der Waals surface area contributed by atoms with E-state index in [2.05, 4.69) is 15.9 Å². The Labute approximate surface area is 132 Å². The highest BCUT2D eigenvalue weighted by molar-refractivity contribution is 9.10. The Kier molecular flexibility index (Phi) is 5.65. The van der Waals surface area contributed by atoms with E-state index >= 15 is 0 Å². The maximum Gasteiger partial charge on any atom is 0.165 e. The minimum Gasteiger partial charge on any atom is -0.302 e. The van der Waals surface area contributed by atoms with Crippen molar-refractivity contribution in [2.24, 2.45) is 0 Å². The first-order valence-electron chi connectivity index (χ1n) is 6.77. The van der Waals surface area contributed by atoms with Gasteiger partial charge in [0.05, 0.1) is 0 Å². The van der Waals surface area contributed by atoms with Gasteiger partial charge in [-0.25, -0.2) is 4.39 Å². The van der Waals surface area contributed by atoms with E-state index in [0.717, 1.165) is 10.0 Å². The minimum absolute atomic E-state index is 0.105. The van der Waals surface area contributed by atoms with E-state index in [1.165, 1.54) is 12.1 Å². The number of nitrogens with zero attached hydrogens (tertiary/aromatic N) is 1. The molecule has 2 rings (SSSR count). The summed E-state index contributed by atoms with van der Waals surface area (Å²) in [4.78, 5) is 14.2. The highest BCUT2D eigenvalue weighted by Gasteiger charge is 2.10. The zero-order chi connectivity index (χ0) is 15.2. The maximum atomic E-state index is 13.1. The summed E-state index contributed by atoms with van der Waals surface area (Å²) < 4.78 is 13.9. The lowest BCUT2D eigenvalue weighted by Gasteiger charge is -2.16. The lowest BCUT2D eigenvalue weighted by atomic mass is 10.1. The van der Waals surface area contributed by atoms with Gasteiger partial charge in [-0.2, -0.15) is 0 Å². The summed E-state index contributed by atoms with van der Waals surface area (Å²) in [5, 5.41) is 0. The van der Waals surface area contributed by atoms with Crippen LogP contribution in [0.1, 0.15) is 22.3 Å². The number of Topliss-reactive ketones (excluding diaryl/α,β-unsaturated/α-hetero) is 1. The first-order valence-corrected chi connectivity index (χ1v) is 7.56. The Hall–Kier alpha value is -1.52. The van der Waals surface area contributed by atoms with Crippen LogP contribution in [0.4, 0.5) is 4.39 Å². The van der Waals surface area contributed by atoms with Crippen LogP contribution in [-0.4, -0.2) is 24.3 Å². The molecule has 0 heterocycles. The van der Waals surface area contributed by atoms with Gasteiger partial charge in [-0.3, -0.25) is 4.79 Å². The molecule has 0 aliphatic carbocycles. The van der Waals surface area contributed by atoms with Crippen molar-refractivity contribution in [1.82, 2.24) is 4.90 Å². The number of benzene rings is 2. The molecule has 0 aliphatic heterocycles. The molecule has 0 spiro atoms. The molecule has 0 N–H and O–H groups in total. The van der Waals surface area contributed by atoms with Gasteiger partial charge in [-0.05, 0) is 30.8 Å². The summed E-state index contributed by atoms with van der Waals surface area (Å²) in [6, 6.07) is 14.0. The topological polar surface area (TPSA) is 20.3 Å². The fourth-order valence-electron chi connectivity index (χ4n) is 2.14. The smallest absolute Gasteiger partial charge is 0.165 e. The van der Waals surface area contributed by atoms with Gasteiger partial charge < -0.3 is 4.90 Å². The molecule has 21 heavy (non-hydrogen) atoms. The van der Waals surface area contributed by atoms with Gasteiger partial charge in [0.1, 0.15) is 5.82 Å². The van der Waals surface area contributed by atoms with Crippen molar-refractivity contribution in [3.05, 3.63) is 69.9 Å². The third-order valence-corrected chi connectivity index (χ3v) is 3.93. The predicted octanol–water partition coefficient (Wildman–Crippen LogP) is 4.29. The third kappa shape index (κ3) is 4.76. The molecule has 2 aromatic rings. The number of rotatable bonds is 6. The van der Waals surface area contributed by atoms with E-state index in [4.69, 9.17) is 0 Å². The molecule has 110 valence electrons. The Morgan fingerprint density at radius 2 is 1.95 bits per heavy atom. The first-order chi connectivity index (χ1) is 10.1. The fourth-order valence-corrected chi connectivity index (χ4v) is 2.65. The van der Waals surface area contributed by atoms with Crippen LogP contribution in [0, 0.1) is 5.82 Å². The van der Waals surface area contributed by atoms with Gasteiger partial charge in [0.25, 0.3) is 0 Å². The van der Waals surface area contributed by atoms with Crippen LogP contribution < -0.4 is 0 Å². The molecule has 0 saturated heterocycles. The summed E-state index contributed by atoms with van der Waals surface area (Å²) in [5.74, 6) is -0.126. The summed E-state index contributed by atoms with van der Waals surface area (Å²) in [6.07, 6.45) is 0.439. The number of hydrogen-bond donors (Lipinski definition) is 0. The van der Waals surface area contributed by atoms with Crippen molar-refractivity contribution < 1.29 is 9.18 Å². The van der Waals surface area contributed by atoms with Crippen LogP contribution in [0.2, 0.25) is 0 Å². The highest BCUT2D eigenvalue weighted by Crippen LogP contribution is 2.17. The second-order valence-corrected chi connectivity index (χ2v) is 5.88. The number of carbonyl (C=O) groups is 1. The van der Waals surface area contributed by atoms with Crippen LogP contribution >= 0.6 is 15.9 Å². The SMILES string of the molecule is CN(CCC(=O)c1ccccc1Br)Cc1cccc(F)c1. The summed E-state index contributed by atoms with van der Waals surface area (Å²) >= 11 is 3.39. The lowest BCUT2D eigenvalue weighted by molar-refractivity contribution is 0.0967. The average molecular weight is 350 g/mol. The number of hydrogen-bond acceptors (Lipinski definition) is 2. The monoisotopic (exact) mass is 349 g/mol. The second kappa shape index (κ2) is 7.48. The zero-order valence-corrected chi connectivity index (χ0v) is 13.4. The van der Waals surface area contributed by atoms with Crippen molar-refractivity contribution in [1.29, 1.82) is 0 Å². The van der Waals surface area contributed by atoms with Crippen LogP contribution in [0.25, 0.3) is 0 Å². The molecule has 0 aromatic heterocycles. The van der Waals surface area contributed by atoms with Crippen LogP contribution in [0.3, 0.4) is 0 Å². The molecule has 2 aromatic carbocycles. The fraction of sp³-hybridized carbons (Fsp3) is 0.235. The third-order valence-electron chi connectivity index (χ3n) is 3.24. The van der Waals surface area contributed by atoms with Gasteiger partial charge in [0.15, 0.2) is 5.78 Å². The second-order valence-electron chi connectivity index (χ2n) is 5.02. The maximum absolute atomic E-state index is 13.1. The molecule has 0 aliphatic rings. The van der Waals surface area contributed by atoms with Crippen LogP contribution in [-0.2, 0) is 6.54 Å². The van der Waals surface area contributed by atoms with Crippen molar-refractivity contribution >= 4 is 21.7 Å². The van der Waals surface area contributed by atoms with Crippen molar-refractivity contribution in [2.75, 3.05) is 13.6 Å². The van der Waals surface area contributed by atoms with Crippen molar-refractivity contribution in [3.8, 4) is 0 Å². The summed E-state index contributed by atoms with van der Waals surface area (Å²) in [6.45, 7) is 1.26. The van der Waals surface area contributed by atoms with Gasteiger partial charge in [-0.15, -0.1) is 0 Å². The van der Waals surface area contributed by atoms with E-state index in [-0.39, 0.29) is 11.6 Å². The molecule has 4 heteroatoms. The largest absolute Gasteiger partial charge is 0.302 e. The quantitative estimate of drug-likeness (QED) is 0.725. The van der Waals surface area contributed by atoms with Crippen molar-refractivity contribution in [3.63, 3.8) is 0 Å². The molecule has 0 atom stereocenters. The van der Waals surface area contributed by atoms with Crippen molar-refractivity contribution in [2.45, 2.75) is 13.0 Å².